The fourth-order valence-electron chi connectivity index (χ4n) is 3.53. The molecule has 8 heteroatoms. The maximum Gasteiger partial charge on any atom is 0.356 e. The van der Waals surface area contributed by atoms with Crippen molar-refractivity contribution in [2.24, 2.45) is 0 Å². The largest absolute Gasteiger partial charge is 0.464 e. The number of nitrogens with one attached hydrogen (secondary N) is 2. The van der Waals surface area contributed by atoms with Crippen LogP contribution in [0.1, 0.15) is 17.3 Å². The van der Waals surface area contributed by atoms with E-state index in [9.17, 15) is 14.4 Å². The van der Waals surface area contributed by atoms with E-state index in [4.69, 9.17) is 14.2 Å². The number of piperidine rings is 1. The number of hydrogen-bond acceptors (Lipinski definition) is 7. The van der Waals surface area contributed by atoms with Gasteiger partial charge in [-0.25, -0.2) is 4.79 Å². The summed E-state index contributed by atoms with van der Waals surface area (Å²) < 4.78 is 15.7. The first-order chi connectivity index (χ1) is 14.0. The third-order valence-corrected chi connectivity index (χ3v) is 4.92. The highest BCUT2D eigenvalue weighted by Crippen LogP contribution is 2.35. The third kappa shape index (κ3) is 3.66. The number of benzene rings is 2. The Morgan fingerprint density at radius 2 is 1.90 bits per heavy atom. The molecule has 0 radical (unpaired) electrons. The van der Waals surface area contributed by atoms with Crippen molar-refractivity contribution in [2.75, 3.05) is 13.7 Å². The van der Waals surface area contributed by atoms with E-state index in [2.05, 4.69) is 10.6 Å². The van der Waals surface area contributed by atoms with Gasteiger partial charge in [0.05, 0.1) is 12.8 Å². The Kier molecular flexibility index (Phi) is 4.94. The molecule has 2 aliphatic rings. The van der Waals surface area contributed by atoms with Crippen molar-refractivity contribution >= 4 is 28.6 Å². The van der Waals surface area contributed by atoms with Crippen LogP contribution in [0.15, 0.2) is 53.9 Å². The van der Waals surface area contributed by atoms with Gasteiger partial charge in [0.25, 0.3) is 5.91 Å². The Bertz CT molecular complexity index is 1030. The summed E-state index contributed by atoms with van der Waals surface area (Å²) in [5.41, 5.74) is 0.565. The van der Waals surface area contributed by atoms with Crippen molar-refractivity contribution in [3.8, 4) is 0 Å². The van der Waals surface area contributed by atoms with Crippen molar-refractivity contribution in [1.82, 2.24) is 10.6 Å². The van der Waals surface area contributed by atoms with Crippen LogP contribution in [0.3, 0.4) is 0 Å². The Balaban J connectivity index is 1.71. The molecule has 1 amide bonds. The molecule has 0 aliphatic carbocycles. The molecule has 2 heterocycles. The van der Waals surface area contributed by atoms with Gasteiger partial charge in [-0.05, 0) is 16.8 Å². The summed E-state index contributed by atoms with van der Waals surface area (Å²) in [6.07, 6.45) is -1.28. The lowest BCUT2D eigenvalue weighted by atomic mass is 10.0. The number of epoxide rings is 1. The number of fused-ring (bicyclic) bond motifs is 2. The van der Waals surface area contributed by atoms with Crippen LogP contribution in [0.4, 0.5) is 0 Å². The molecular formula is C21H20N2O6. The number of carbonyl (C=O) groups is 3. The quantitative estimate of drug-likeness (QED) is 0.455. The fraction of sp³-hybridized carbons (Fsp3) is 0.286. The maximum atomic E-state index is 13.0. The van der Waals surface area contributed by atoms with E-state index in [0.717, 1.165) is 10.8 Å². The van der Waals surface area contributed by atoms with E-state index < -0.39 is 23.9 Å². The van der Waals surface area contributed by atoms with Gasteiger partial charge in [0.2, 0.25) is 0 Å². The standard InChI is InChI=1S/C21H20N2O6/c1-11(24)28-19-16(22-10-15-18(19)29-15)17(21(26)27-2)23-20(25)14-9-5-7-12-6-3-4-8-13(12)14/h3-9,15,18-19,22H,10H2,1-2H3,(H,23,25)/b17-16-/t15-,18-,19-/m1/s1. The first-order valence-electron chi connectivity index (χ1n) is 9.17. The Hall–Kier alpha value is -3.39. The predicted octanol–water partition coefficient (Wildman–Crippen LogP) is 1.26. The summed E-state index contributed by atoms with van der Waals surface area (Å²) in [4.78, 5) is 37.1. The first-order valence-corrected chi connectivity index (χ1v) is 9.17. The molecule has 0 saturated carbocycles. The third-order valence-electron chi connectivity index (χ3n) is 4.92. The zero-order valence-corrected chi connectivity index (χ0v) is 15.9. The second kappa shape index (κ2) is 7.56. The molecule has 3 atom stereocenters. The van der Waals surface area contributed by atoms with E-state index in [1.54, 1.807) is 12.1 Å². The highest BCUT2D eigenvalue weighted by atomic mass is 16.6. The average Bonchev–Trinajstić information content (AvgIpc) is 3.51. The lowest BCUT2D eigenvalue weighted by Crippen LogP contribution is -2.45. The molecule has 2 saturated heterocycles. The number of carbonyl (C=O) groups excluding carboxylic acids is 3. The minimum atomic E-state index is -0.826. The monoisotopic (exact) mass is 396 g/mol. The van der Waals surface area contributed by atoms with E-state index >= 15 is 0 Å². The van der Waals surface area contributed by atoms with Gasteiger partial charge in [-0.2, -0.15) is 0 Å². The van der Waals surface area contributed by atoms with Gasteiger partial charge >= 0.3 is 11.9 Å². The van der Waals surface area contributed by atoms with Crippen LogP contribution < -0.4 is 10.6 Å². The van der Waals surface area contributed by atoms with E-state index in [1.165, 1.54) is 14.0 Å². The molecule has 2 aliphatic heterocycles. The smallest absolute Gasteiger partial charge is 0.356 e. The molecular weight excluding hydrogens is 376 g/mol. The van der Waals surface area contributed by atoms with Gasteiger partial charge in [-0.3, -0.25) is 9.59 Å². The number of ether oxygens (including phenoxy) is 3. The molecule has 29 heavy (non-hydrogen) atoms. The molecule has 2 N–H and O–H groups in total. The number of rotatable bonds is 4. The van der Waals surface area contributed by atoms with Gasteiger partial charge in [0.15, 0.2) is 11.8 Å². The average molecular weight is 396 g/mol. The lowest BCUT2D eigenvalue weighted by Gasteiger charge is -2.26. The van der Waals surface area contributed by atoms with E-state index in [0.29, 0.717) is 12.1 Å². The van der Waals surface area contributed by atoms with Crippen molar-refractivity contribution < 1.29 is 28.6 Å². The van der Waals surface area contributed by atoms with Gasteiger partial charge in [-0.15, -0.1) is 0 Å². The van der Waals surface area contributed by atoms with Crippen LogP contribution in [0, 0.1) is 0 Å². The molecule has 0 spiro atoms. The summed E-state index contributed by atoms with van der Waals surface area (Å²) in [6, 6.07) is 12.8. The molecule has 2 fully saturated rings. The summed E-state index contributed by atoms with van der Waals surface area (Å²) >= 11 is 0. The number of esters is 2. The fourth-order valence-corrected chi connectivity index (χ4v) is 3.53. The Labute approximate surface area is 166 Å². The second-order valence-electron chi connectivity index (χ2n) is 6.81. The SMILES string of the molecule is COC(=O)/C(NC(=O)c1cccc2ccccc12)=C1/NC[C@H]2O[C@H]2[C@@H]1OC(C)=O. The van der Waals surface area contributed by atoms with Crippen molar-refractivity contribution in [3.05, 3.63) is 59.4 Å². The van der Waals surface area contributed by atoms with Gasteiger partial charge < -0.3 is 24.8 Å². The number of hydrogen-bond donors (Lipinski definition) is 2. The highest BCUT2D eigenvalue weighted by molar-refractivity contribution is 6.09. The van der Waals surface area contributed by atoms with Crippen molar-refractivity contribution in [2.45, 2.75) is 25.2 Å². The molecule has 0 unspecified atom stereocenters. The van der Waals surface area contributed by atoms with Gasteiger partial charge in [0, 0.05) is 19.0 Å². The summed E-state index contributed by atoms with van der Waals surface area (Å²) in [7, 11) is 1.22. The van der Waals surface area contributed by atoms with Crippen LogP contribution in [-0.2, 0) is 23.8 Å². The topological polar surface area (TPSA) is 106 Å². The van der Waals surface area contributed by atoms with Crippen LogP contribution in [0.2, 0.25) is 0 Å². The zero-order valence-electron chi connectivity index (χ0n) is 15.9. The number of amides is 1. The molecule has 4 rings (SSSR count). The Morgan fingerprint density at radius 1 is 1.14 bits per heavy atom. The summed E-state index contributed by atoms with van der Waals surface area (Å²) in [5.74, 6) is -1.75. The molecule has 150 valence electrons. The second-order valence-corrected chi connectivity index (χ2v) is 6.81. The Morgan fingerprint density at radius 3 is 2.66 bits per heavy atom. The highest BCUT2D eigenvalue weighted by Gasteiger charge is 2.53. The van der Waals surface area contributed by atoms with Crippen LogP contribution in [0.5, 0.6) is 0 Å². The molecule has 0 aromatic heterocycles. The normalized spacial score (nSPS) is 24.0. The van der Waals surface area contributed by atoms with Crippen LogP contribution >= 0.6 is 0 Å². The lowest BCUT2D eigenvalue weighted by molar-refractivity contribution is -0.146. The maximum absolute atomic E-state index is 13.0. The number of methoxy groups -OCH3 is 1. The minimum absolute atomic E-state index is 0.101. The minimum Gasteiger partial charge on any atom is -0.464 e. The zero-order chi connectivity index (χ0) is 20.5. The van der Waals surface area contributed by atoms with Crippen molar-refractivity contribution in [1.29, 1.82) is 0 Å². The first kappa shape index (κ1) is 18.9. The van der Waals surface area contributed by atoms with E-state index in [-0.39, 0.29) is 23.6 Å². The van der Waals surface area contributed by atoms with E-state index in [1.807, 2.05) is 30.3 Å². The van der Waals surface area contributed by atoms with Crippen molar-refractivity contribution in [3.63, 3.8) is 0 Å². The summed E-state index contributed by atoms with van der Waals surface area (Å²) in [6.45, 7) is 1.71. The van der Waals surface area contributed by atoms with Crippen LogP contribution in [0.25, 0.3) is 10.8 Å². The van der Waals surface area contributed by atoms with Gasteiger partial charge in [-0.1, -0.05) is 36.4 Å². The molecule has 2 aromatic carbocycles. The molecule has 0 bridgehead atoms. The molecule has 8 nitrogen and oxygen atoms in total. The van der Waals surface area contributed by atoms with Gasteiger partial charge in [0.1, 0.15) is 12.2 Å². The summed E-state index contributed by atoms with van der Waals surface area (Å²) in [5, 5.41) is 7.33. The van der Waals surface area contributed by atoms with Crippen LogP contribution in [-0.4, -0.2) is 49.8 Å². The molecule has 2 aromatic rings. The predicted molar refractivity (Wildman–Crippen MR) is 103 cm³/mol.